The molecule has 7 heteroatoms. The molecule has 128 valence electrons. The SMILES string of the molecule is Cc1ccc(-c2nc(S[C@H](C)C(=O)Nc3ccc(Cl)cc3)n[nH]2)cc1. The van der Waals surface area contributed by atoms with Crippen LogP contribution >= 0.6 is 23.4 Å². The van der Waals surface area contributed by atoms with Crippen molar-refractivity contribution < 1.29 is 4.79 Å². The van der Waals surface area contributed by atoms with Gasteiger partial charge in [-0.1, -0.05) is 53.2 Å². The standard InChI is InChI=1S/C18H17ClN4OS/c1-11-3-5-13(6-4-11)16-21-18(23-22-16)25-12(2)17(24)20-15-9-7-14(19)8-10-15/h3-10,12H,1-2H3,(H,20,24)(H,21,22,23)/t12-/m1/s1. The van der Waals surface area contributed by atoms with Crippen molar-refractivity contribution in [2.24, 2.45) is 0 Å². The van der Waals surface area contributed by atoms with Crippen molar-refractivity contribution >= 4 is 35.0 Å². The molecule has 3 aromatic rings. The number of H-pyrrole nitrogens is 1. The first-order valence-electron chi connectivity index (χ1n) is 7.74. The van der Waals surface area contributed by atoms with Gasteiger partial charge in [0.05, 0.1) is 5.25 Å². The maximum Gasteiger partial charge on any atom is 0.237 e. The van der Waals surface area contributed by atoms with Gasteiger partial charge in [-0.3, -0.25) is 9.89 Å². The summed E-state index contributed by atoms with van der Waals surface area (Å²) in [6, 6.07) is 15.0. The van der Waals surface area contributed by atoms with E-state index in [1.54, 1.807) is 24.3 Å². The molecule has 0 saturated heterocycles. The van der Waals surface area contributed by atoms with Gasteiger partial charge in [0, 0.05) is 16.3 Å². The molecule has 0 spiro atoms. The Labute approximate surface area is 155 Å². The number of rotatable bonds is 5. The second-order valence-corrected chi connectivity index (χ2v) is 7.33. The Kier molecular flexibility index (Phi) is 5.40. The van der Waals surface area contributed by atoms with Gasteiger partial charge in [0.25, 0.3) is 0 Å². The zero-order valence-corrected chi connectivity index (χ0v) is 15.4. The lowest BCUT2D eigenvalue weighted by Crippen LogP contribution is -2.22. The van der Waals surface area contributed by atoms with Crippen molar-refractivity contribution in [2.45, 2.75) is 24.3 Å². The number of nitrogens with zero attached hydrogens (tertiary/aromatic N) is 2. The number of aromatic nitrogens is 3. The van der Waals surface area contributed by atoms with Crippen molar-refractivity contribution in [2.75, 3.05) is 5.32 Å². The van der Waals surface area contributed by atoms with Gasteiger partial charge in [-0.15, -0.1) is 5.10 Å². The predicted molar refractivity (Wildman–Crippen MR) is 102 cm³/mol. The first kappa shape index (κ1) is 17.5. The Hall–Kier alpha value is -2.31. The minimum Gasteiger partial charge on any atom is -0.325 e. The fraction of sp³-hybridized carbons (Fsp3) is 0.167. The molecule has 0 radical (unpaired) electrons. The van der Waals surface area contributed by atoms with E-state index >= 15 is 0 Å². The van der Waals surface area contributed by atoms with Gasteiger partial charge in [-0.2, -0.15) is 0 Å². The molecular formula is C18H17ClN4OS. The van der Waals surface area contributed by atoms with Crippen LogP contribution in [0.15, 0.2) is 53.7 Å². The number of amides is 1. The lowest BCUT2D eigenvalue weighted by Gasteiger charge is -2.10. The van der Waals surface area contributed by atoms with Crippen LogP contribution < -0.4 is 5.32 Å². The number of anilines is 1. The summed E-state index contributed by atoms with van der Waals surface area (Å²) in [5.74, 6) is 0.571. The zero-order chi connectivity index (χ0) is 17.8. The molecule has 25 heavy (non-hydrogen) atoms. The van der Waals surface area contributed by atoms with E-state index in [-0.39, 0.29) is 11.2 Å². The average molecular weight is 373 g/mol. The second-order valence-electron chi connectivity index (χ2n) is 5.59. The van der Waals surface area contributed by atoms with Gasteiger partial charge in [0.1, 0.15) is 0 Å². The van der Waals surface area contributed by atoms with E-state index in [1.807, 2.05) is 38.1 Å². The minimum absolute atomic E-state index is 0.117. The Bertz CT molecular complexity index is 862. The molecular weight excluding hydrogens is 356 g/mol. The number of thioether (sulfide) groups is 1. The molecule has 1 aromatic heterocycles. The summed E-state index contributed by atoms with van der Waals surface area (Å²) in [7, 11) is 0. The summed E-state index contributed by atoms with van der Waals surface area (Å²) < 4.78 is 0. The summed E-state index contributed by atoms with van der Waals surface area (Å²) in [6.07, 6.45) is 0. The topological polar surface area (TPSA) is 70.7 Å². The number of halogens is 1. The Morgan fingerprint density at radius 1 is 1.16 bits per heavy atom. The highest BCUT2D eigenvalue weighted by Gasteiger charge is 2.17. The quantitative estimate of drug-likeness (QED) is 0.644. The molecule has 0 aliphatic heterocycles. The van der Waals surface area contributed by atoms with Crippen LogP contribution in [0.1, 0.15) is 12.5 Å². The van der Waals surface area contributed by atoms with E-state index in [1.165, 1.54) is 17.3 Å². The van der Waals surface area contributed by atoms with Crippen LogP contribution in [0.5, 0.6) is 0 Å². The molecule has 0 aliphatic rings. The van der Waals surface area contributed by atoms with Crippen LogP contribution in [-0.4, -0.2) is 26.3 Å². The molecule has 1 amide bonds. The molecule has 5 nitrogen and oxygen atoms in total. The van der Waals surface area contributed by atoms with Crippen LogP contribution in [0.2, 0.25) is 5.02 Å². The Morgan fingerprint density at radius 2 is 1.84 bits per heavy atom. The smallest absolute Gasteiger partial charge is 0.237 e. The van der Waals surface area contributed by atoms with Gasteiger partial charge in [-0.05, 0) is 38.1 Å². The summed E-state index contributed by atoms with van der Waals surface area (Å²) in [6.45, 7) is 3.85. The summed E-state index contributed by atoms with van der Waals surface area (Å²) >= 11 is 7.14. The van der Waals surface area contributed by atoms with Crippen molar-refractivity contribution in [3.8, 4) is 11.4 Å². The number of nitrogens with one attached hydrogen (secondary N) is 2. The number of benzene rings is 2. The van der Waals surface area contributed by atoms with Crippen LogP contribution in [0.25, 0.3) is 11.4 Å². The predicted octanol–water partition coefficient (Wildman–Crippen LogP) is 4.55. The van der Waals surface area contributed by atoms with Gasteiger partial charge >= 0.3 is 0 Å². The van der Waals surface area contributed by atoms with Crippen molar-refractivity contribution in [1.29, 1.82) is 0 Å². The number of carbonyl (C=O) groups is 1. The molecule has 0 bridgehead atoms. The van der Waals surface area contributed by atoms with Crippen LogP contribution in [0, 0.1) is 6.92 Å². The van der Waals surface area contributed by atoms with Crippen molar-refractivity contribution in [3.63, 3.8) is 0 Å². The van der Waals surface area contributed by atoms with Crippen molar-refractivity contribution in [1.82, 2.24) is 15.2 Å². The Morgan fingerprint density at radius 3 is 2.52 bits per heavy atom. The number of aromatic amines is 1. The highest BCUT2D eigenvalue weighted by molar-refractivity contribution is 8.00. The van der Waals surface area contributed by atoms with E-state index in [0.717, 1.165) is 5.56 Å². The van der Waals surface area contributed by atoms with Crippen molar-refractivity contribution in [3.05, 3.63) is 59.1 Å². The van der Waals surface area contributed by atoms with E-state index in [4.69, 9.17) is 11.6 Å². The average Bonchev–Trinajstić information content (AvgIpc) is 3.06. The zero-order valence-electron chi connectivity index (χ0n) is 13.8. The van der Waals surface area contributed by atoms with E-state index in [9.17, 15) is 4.79 Å². The fourth-order valence-electron chi connectivity index (χ4n) is 2.13. The maximum atomic E-state index is 12.3. The first-order valence-corrected chi connectivity index (χ1v) is 8.99. The molecule has 0 fully saturated rings. The summed E-state index contributed by atoms with van der Waals surface area (Å²) in [5.41, 5.74) is 2.85. The molecule has 0 saturated carbocycles. The highest BCUT2D eigenvalue weighted by atomic mass is 35.5. The molecule has 3 rings (SSSR count). The monoisotopic (exact) mass is 372 g/mol. The van der Waals surface area contributed by atoms with E-state index in [2.05, 4.69) is 20.5 Å². The number of hydrogen-bond donors (Lipinski definition) is 2. The van der Waals surface area contributed by atoms with Gasteiger partial charge < -0.3 is 5.32 Å². The largest absolute Gasteiger partial charge is 0.325 e. The van der Waals surface area contributed by atoms with Crippen LogP contribution in [-0.2, 0) is 4.79 Å². The first-order chi connectivity index (χ1) is 12.0. The second kappa shape index (κ2) is 7.72. The summed E-state index contributed by atoms with van der Waals surface area (Å²) in [4.78, 5) is 16.7. The molecule has 0 aliphatic carbocycles. The number of hydrogen-bond acceptors (Lipinski definition) is 4. The molecule has 1 atom stereocenters. The number of carbonyl (C=O) groups excluding carboxylic acids is 1. The normalized spacial score (nSPS) is 12.0. The fourth-order valence-corrected chi connectivity index (χ4v) is 2.98. The molecule has 1 heterocycles. The minimum atomic E-state index is -0.336. The molecule has 2 N–H and O–H groups in total. The highest BCUT2D eigenvalue weighted by Crippen LogP contribution is 2.24. The maximum absolute atomic E-state index is 12.3. The third-order valence-electron chi connectivity index (χ3n) is 3.55. The van der Waals surface area contributed by atoms with E-state index in [0.29, 0.717) is 21.7 Å². The van der Waals surface area contributed by atoms with E-state index < -0.39 is 0 Å². The lowest BCUT2D eigenvalue weighted by molar-refractivity contribution is -0.115. The lowest BCUT2D eigenvalue weighted by atomic mass is 10.1. The third-order valence-corrected chi connectivity index (χ3v) is 4.77. The van der Waals surface area contributed by atoms with Gasteiger partial charge in [0.15, 0.2) is 5.82 Å². The van der Waals surface area contributed by atoms with Gasteiger partial charge in [-0.25, -0.2) is 4.98 Å². The molecule has 2 aromatic carbocycles. The third kappa shape index (κ3) is 4.61. The molecule has 0 unspecified atom stereocenters. The summed E-state index contributed by atoms with van der Waals surface area (Å²) in [5, 5.41) is 10.8. The van der Waals surface area contributed by atoms with Crippen LogP contribution in [0.4, 0.5) is 5.69 Å². The van der Waals surface area contributed by atoms with Crippen LogP contribution in [0.3, 0.4) is 0 Å². The Balaban J connectivity index is 1.62. The number of aryl methyl sites for hydroxylation is 1. The van der Waals surface area contributed by atoms with Gasteiger partial charge in [0.2, 0.25) is 11.1 Å².